The summed E-state index contributed by atoms with van der Waals surface area (Å²) in [7, 11) is 0. The zero-order valence-corrected chi connectivity index (χ0v) is 13.9. The van der Waals surface area contributed by atoms with Crippen molar-refractivity contribution in [1.82, 2.24) is 10.2 Å². The molecule has 21 heavy (non-hydrogen) atoms. The molecule has 1 aliphatic rings. The molecule has 1 N–H and O–H groups in total. The molecule has 1 aromatic carbocycles. The summed E-state index contributed by atoms with van der Waals surface area (Å²) < 4.78 is 0. The van der Waals surface area contributed by atoms with Gasteiger partial charge in [-0.2, -0.15) is 0 Å². The van der Waals surface area contributed by atoms with E-state index in [1.54, 1.807) is 0 Å². The number of carbonyl (C=O) groups is 1. The maximum atomic E-state index is 12.0. The summed E-state index contributed by atoms with van der Waals surface area (Å²) in [6.07, 6.45) is 2.01. The summed E-state index contributed by atoms with van der Waals surface area (Å²) in [6.45, 7) is 8.75. The van der Waals surface area contributed by atoms with Crippen molar-refractivity contribution >= 4 is 17.5 Å². The molecule has 1 amide bonds. The second-order valence-electron chi connectivity index (χ2n) is 6.87. The number of nitrogens with zero attached hydrogens (tertiary/aromatic N) is 1. The van der Waals surface area contributed by atoms with Crippen LogP contribution in [-0.4, -0.2) is 29.9 Å². The predicted molar refractivity (Wildman–Crippen MR) is 87.3 cm³/mol. The van der Waals surface area contributed by atoms with Gasteiger partial charge in [0.1, 0.15) is 0 Å². The van der Waals surface area contributed by atoms with E-state index in [1.165, 1.54) is 5.56 Å². The van der Waals surface area contributed by atoms with Gasteiger partial charge in [0.05, 0.1) is 0 Å². The first-order chi connectivity index (χ1) is 9.86. The van der Waals surface area contributed by atoms with Gasteiger partial charge in [0.2, 0.25) is 5.91 Å². The van der Waals surface area contributed by atoms with E-state index in [1.807, 2.05) is 39.0 Å². The van der Waals surface area contributed by atoms with Crippen LogP contribution in [0.1, 0.15) is 39.2 Å². The second-order valence-corrected chi connectivity index (χ2v) is 7.27. The van der Waals surface area contributed by atoms with E-state index >= 15 is 0 Å². The van der Waals surface area contributed by atoms with E-state index in [4.69, 9.17) is 11.6 Å². The molecule has 0 aromatic heterocycles. The summed E-state index contributed by atoms with van der Waals surface area (Å²) >= 11 is 6.21. The van der Waals surface area contributed by atoms with Gasteiger partial charge < -0.3 is 5.32 Å². The van der Waals surface area contributed by atoms with Crippen LogP contribution in [0.25, 0.3) is 0 Å². The van der Waals surface area contributed by atoms with Gasteiger partial charge in [0.15, 0.2) is 0 Å². The molecule has 0 saturated carbocycles. The minimum atomic E-state index is -0.311. The molecule has 0 spiro atoms. The molecule has 0 bridgehead atoms. The lowest BCUT2D eigenvalue weighted by Gasteiger charge is -2.33. The number of likely N-dealkylation sites (tertiary alicyclic amines) is 1. The highest BCUT2D eigenvalue weighted by atomic mass is 35.5. The standard InChI is InChI=1S/C17H25ClN2O/c1-17(2,3)16(21)19-14-8-10-20(11-9-14)12-13-6-4-5-7-15(13)18/h4-7,14H,8-12H2,1-3H3,(H,19,21). The van der Waals surface area contributed by atoms with Crippen LogP contribution in [0.15, 0.2) is 24.3 Å². The first-order valence-corrected chi connectivity index (χ1v) is 8.01. The van der Waals surface area contributed by atoms with E-state index in [9.17, 15) is 4.79 Å². The normalized spacial score (nSPS) is 17.7. The molecule has 3 nitrogen and oxygen atoms in total. The second kappa shape index (κ2) is 6.80. The maximum absolute atomic E-state index is 12.0. The molecule has 0 radical (unpaired) electrons. The van der Waals surface area contributed by atoms with Gasteiger partial charge in [-0.25, -0.2) is 0 Å². The Morgan fingerprint density at radius 3 is 2.48 bits per heavy atom. The number of piperidine rings is 1. The minimum absolute atomic E-state index is 0.145. The highest BCUT2D eigenvalue weighted by molar-refractivity contribution is 6.31. The van der Waals surface area contributed by atoms with E-state index in [0.717, 1.165) is 37.5 Å². The Hall–Kier alpha value is -1.06. The number of amides is 1. The summed E-state index contributed by atoms with van der Waals surface area (Å²) in [5.74, 6) is 0.145. The number of rotatable bonds is 3. The molecular formula is C17H25ClN2O. The van der Waals surface area contributed by atoms with Gasteiger partial charge in [-0.3, -0.25) is 9.69 Å². The SMILES string of the molecule is CC(C)(C)C(=O)NC1CCN(Cc2ccccc2Cl)CC1. The summed E-state index contributed by atoms with van der Waals surface area (Å²) in [5, 5.41) is 4.00. The van der Waals surface area contributed by atoms with Crippen molar-refractivity contribution in [2.75, 3.05) is 13.1 Å². The Balaban J connectivity index is 1.81. The number of nitrogens with one attached hydrogen (secondary N) is 1. The van der Waals surface area contributed by atoms with Gasteiger partial charge in [0.25, 0.3) is 0 Å². The van der Waals surface area contributed by atoms with Crippen LogP contribution in [0.4, 0.5) is 0 Å². The lowest BCUT2D eigenvalue weighted by molar-refractivity contribution is -0.129. The van der Waals surface area contributed by atoms with E-state index in [-0.39, 0.29) is 11.3 Å². The molecule has 1 saturated heterocycles. The zero-order chi connectivity index (χ0) is 15.5. The van der Waals surface area contributed by atoms with Gasteiger partial charge in [-0.1, -0.05) is 50.6 Å². The molecular weight excluding hydrogens is 284 g/mol. The fourth-order valence-corrected chi connectivity index (χ4v) is 2.70. The lowest BCUT2D eigenvalue weighted by atomic mass is 9.94. The molecule has 0 unspecified atom stereocenters. The van der Waals surface area contributed by atoms with E-state index in [2.05, 4.69) is 16.3 Å². The largest absolute Gasteiger partial charge is 0.353 e. The first-order valence-electron chi connectivity index (χ1n) is 7.63. The topological polar surface area (TPSA) is 32.3 Å². The zero-order valence-electron chi connectivity index (χ0n) is 13.2. The van der Waals surface area contributed by atoms with Crippen molar-refractivity contribution in [3.8, 4) is 0 Å². The predicted octanol–water partition coefficient (Wildman–Crippen LogP) is 3.47. The Morgan fingerprint density at radius 2 is 1.90 bits per heavy atom. The summed E-state index contributed by atoms with van der Waals surface area (Å²) in [5.41, 5.74) is 0.866. The highest BCUT2D eigenvalue weighted by Gasteiger charge is 2.26. The third-order valence-electron chi connectivity index (χ3n) is 3.96. The number of hydrogen-bond acceptors (Lipinski definition) is 2. The Bertz CT molecular complexity index is 488. The highest BCUT2D eigenvalue weighted by Crippen LogP contribution is 2.20. The molecule has 0 atom stereocenters. The molecule has 2 rings (SSSR count). The Morgan fingerprint density at radius 1 is 1.29 bits per heavy atom. The van der Waals surface area contributed by atoms with E-state index < -0.39 is 0 Å². The quantitative estimate of drug-likeness (QED) is 0.927. The molecule has 0 aliphatic carbocycles. The fraction of sp³-hybridized carbons (Fsp3) is 0.588. The van der Waals surface area contributed by atoms with Crippen LogP contribution in [0, 0.1) is 5.41 Å². The monoisotopic (exact) mass is 308 g/mol. The third kappa shape index (κ3) is 4.72. The fourth-order valence-electron chi connectivity index (χ4n) is 2.50. The van der Waals surface area contributed by atoms with Crippen LogP contribution in [0.3, 0.4) is 0 Å². The smallest absolute Gasteiger partial charge is 0.225 e. The lowest BCUT2D eigenvalue weighted by Crippen LogP contribution is -2.47. The molecule has 4 heteroatoms. The Kier molecular flexibility index (Phi) is 5.28. The number of benzene rings is 1. The van der Waals surface area contributed by atoms with Crippen molar-refractivity contribution in [1.29, 1.82) is 0 Å². The number of carbonyl (C=O) groups excluding carboxylic acids is 1. The van der Waals surface area contributed by atoms with Crippen LogP contribution in [0.2, 0.25) is 5.02 Å². The van der Waals surface area contributed by atoms with Gasteiger partial charge in [-0.05, 0) is 24.5 Å². The number of halogens is 1. The molecule has 1 aromatic rings. The van der Waals surface area contributed by atoms with E-state index in [0.29, 0.717) is 6.04 Å². The maximum Gasteiger partial charge on any atom is 0.225 e. The number of hydrogen-bond donors (Lipinski definition) is 1. The van der Waals surface area contributed by atoms with Gasteiger partial charge in [0, 0.05) is 36.1 Å². The third-order valence-corrected chi connectivity index (χ3v) is 4.32. The Labute approximate surface area is 132 Å². The van der Waals surface area contributed by atoms with Gasteiger partial charge >= 0.3 is 0 Å². The van der Waals surface area contributed by atoms with Crippen LogP contribution in [0.5, 0.6) is 0 Å². The molecule has 1 aliphatic heterocycles. The van der Waals surface area contributed by atoms with Crippen molar-refractivity contribution < 1.29 is 4.79 Å². The minimum Gasteiger partial charge on any atom is -0.353 e. The van der Waals surface area contributed by atoms with Crippen molar-refractivity contribution in [3.05, 3.63) is 34.9 Å². The van der Waals surface area contributed by atoms with Crippen LogP contribution >= 0.6 is 11.6 Å². The summed E-state index contributed by atoms with van der Waals surface area (Å²) in [6, 6.07) is 8.31. The first kappa shape index (κ1) is 16.3. The average Bonchev–Trinajstić information content (AvgIpc) is 2.42. The van der Waals surface area contributed by atoms with Crippen molar-refractivity contribution in [3.63, 3.8) is 0 Å². The summed E-state index contributed by atoms with van der Waals surface area (Å²) in [4.78, 5) is 14.4. The van der Waals surface area contributed by atoms with Crippen LogP contribution in [-0.2, 0) is 11.3 Å². The average molecular weight is 309 g/mol. The van der Waals surface area contributed by atoms with Gasteiger partial charge in [-0.15, -0.1) is 0 Å². The molecule has 116 valence electrons. The molecule has 1 fully saturated rings. The van der Waals surface area contributed by atoms with Crippen molar-refractivity contribution in [2.45, 2.75) is 46.2 Å². The van der Waals surface area contributed by atoms with Crippen molar-refractivity contribution in [2.24, 2.45) is 5.41 Å². The van der Waals surface area contributed by atoms with Crippen LogP contribution < -0.4 is 5.32 Å². The molecule has 1 heterocycles.